The number of fused-ring (bicyclic) bond motifs is 1. The molecular formula is C15H28N4. The summed E-state index contributed by atoms with van der Waals surface area (Å²) in [5, 5.41) is 12.4. The van der Waals surface area contributed by atoms with Crippen LogP contribution in [0.5, 0.6) is 0 Å². The van der Waals surface area contributed by atoms with Gasteiger partial charge < -0.3 is 9.88 Å². The molecule has 1 aliphatic heterocycles. The van der Waals surface area contributed by atoms with Gasteiger partial charge in [0.25, 0.3) is 0 Å². The summed E-state index contributed by atoms with van der Waals surface area (Å²) in [4.78, 5) is 0. The van der Waals surface area contributed by atoms with Crippen LogP contribution in [0, 0.1) is 5.92 Å². The normalized spacial score (nSPS) is 18.7. The Morgan fingerprint density at radius 3 is 2.84 bits per heavy atom. The van der Waals surface area contributed by atoms with Crippen molar-refractivity contribution in [3.63, 3.8) is 0 Å². The second kappa shape index (κ2) is 7.04. The van der Waals surface area contributed by atoms with Crippen molar-refractivity contribution >= 4 is 0 Å². The Bertz CT molecular complexity index is 385. The van der Waals surface area contributed by atoms with E-state index in [0.29, 0.717) is 6.04 Å². The van der Waals surface area contributed by atoms with E-state index in [9.17, 15) is 0 Å². The van der Waals surface area contributed by atoms with E-state index in [1.165, 1.54) is 37.9 Å². The molecule has 2 unspecified atom stereocenters. The Labute approximate surface area is 117 Å². The fourth-order valence-electron chi connectivity index (χ4n) is 2.89. The van der Waals surface area contributed by atoms with Gasteiger partial charge in [-0.1, -0.05) is 26.7 Å². The van der Waals surface area contributed by atoms with Crippen LogP contribution >= 0.6 is 0 Å². The molecule has 1 aliphatic rings. The third-order valence-corrected chi connectivity index (χ3v) is 4.08. The third kappa shape index (κ3) is 3.78. The maximum atomic E-state index is 4.41. The topological polar surface area (TPSA) is 42.7 Å². The van der Waals surface area contributed by atoms with Crippen LogP contribution in [0.15, 0.2) is 0 Å². The van der Waals surface area contributed by atoms with Gasteiger partial charge in [-0.15, -0.1) is 10.2 Å². The second-order valence-electron chi connectivity index (χ2n) is 5.96. The molecular weight excluding hydrogens is 236 g/mol. The van der Waals surface area contributed by atoms with E-state index in [-0.39, 0.29) is 0 Å². The summed E-state index contributed by atoms with van der Waals surface area (Å²) < 4.78 is 2.34. The fraction of sp³-hybridized carbons (Fsp3) is 0.867. The van der Waals surface area contributed by atoms with Crippen molar-refractivity contribution in [1.29, 1.82) is 0 Å². The van der Waals surface area contributed by atoms with Crippen LogP contribution in [-0.4, -0.2) is 21.3 Å². The highest BCUT2D eigenvalue weighted by Gasteiger charge is 2.19. The van der Waals surface area contributed by atoms with Gasteiger partial charge in [0, 0.05) is 13.0 Å². The van der Waals surface area contributed by atoms with Crippen LogP contribution in [0.3, 0.4) is 0 Å². The zero-order chi connectivity index (χ0) is 13.7. The molecule has 2 atom stereocenters. The van der Waals surface area contributed by atoms with E-state index < -0.39 is 0 Å². The third-order valence-electron chi connectivity index (χ3n) is 4.08. The molecule has 1 N–H and O–H groups in total. The van der Waals surface area contributed by atoms with Crippen LogP contribution in [0.2, 0.25) is 0 Å². The first-order valence-corrected chi connectivity index (χ1v) is 7.87. The molecule has 1 aromatic heterocycles. The number of nitrogens with zero attached hydrogens (tertiary/aromatic N) is 3. The number of rotatable bonds is 6. The molecule has 0 radical (unpaired) electrons. The van der Waals surface area contributed by atoms with Gasteiger partial charge in [0.15, 0.2) is 0 Å². The van der Waals surface area contributed by atoms with Crippen molar-refractivity contribution in [3.05, 3.63) is 11.6 Å². The first-order chi connectivity index (χ1) is 9.22. The molecule has 0 saturated carbocycles. The molecule has 2 heterocycles. The Kier molecular flexibility index (Phi) is 5.37. The number of aryl methyl sites for hydroxylation is 1. The largest absolute Gasteiger partial charge is 0.314 e. The highest BCUT2D eigenvalue weighted by atomic mass is 15.3. The van der Waals surface area contributed by atoms with E-state index in [0.717, 1.165) is 31.3 Å². The van der Waals surface area contributed by atoms with Crippen molar-refractivity contribution < 1.29 is 0 Å². The van der Waals surface area contributed by atoms with Gasteiger partial charge in [0.2, 0.25) is 0 Å². The molecule has 0 bridgehead atoms. The van der Waals surface area contributed by atoms with E-state index in [1.54, 1.807) is 0 Å². The van der Waals surface area contributed by atoms with Gasteiger partial charge in [-0.05, 0) is 38.6 Å². The van der Waals surface area contributed by atoms with Crippen LogP contribution in [0.1, 0.15) is 70.6 Å². The van der Waals surface area contributed by atoms with Crippen LogP contribution in [0.4, 0.5) is 0 Å². The highest BCUT2D eigenvalue weighted by molar-refractivity contribution is 5.02. The molecule has 1 aromatic rings. The van der Waals surface area contributed by atoms with Crippen molar-refractivity contribution in [1.82, 2.24) is 20.1 Å². The lowest BCUT2D eigenvalue weighted by Gasteiger charge is -2.18. The quantitative estimate of drug-likeness (QED) is 0.858. The van der Waals surface area contributed by atoms with Crippen LogP contribution in [-0.2, 0) is 13.0 Å². The molecule has 0 spiro atoms. The maximum Gasteiger partial charge on any atom is 0.149 e. The summed E-state index contributed by atoms with van der Waals surface area (Å²) in [6.07, 6.45) is 7.48. The average molecular weight is 264 g/mol. The summed E-state index contributed by atoms with van der Waals surface area (Å²) in [5.74, 6) is 3.04. The van der Waals surface area contributed by atoms with E-state index in [1.807, 2.05) is 0 Å². The second-order valence-corrected chi connectivity index (χ2v) is 5.96. The molecule has 0 fully saturated rings. The number of nitrogens with one attached hydrogen (secondary N) is 1. The summed E-state index contributed by atoms with van der Waals surface area (Å²) in [7, 11) is 0. The smallest absolute Gasteiger partial charge is 0.149 e. The molecule has 0 saturated heterocycles. The number of aromatic nitrogens is 3. The minimum absolute atomic E-state index is 0.304. The Morgan fingerprint density at radius 1 is 1.21 bits per heavy atom. The molecule has 108 valence electrons. The van der Waals surface area contributed by atoms with Gasteiger partial charge in [-0.25, -0.2) is 0 Å². The number of hydrogen-bond acceptors (Lipinski definition) is 3. The predicted octanol–water partition coefficient (Wildman–Crippen LogP) is 3.09. The van der Waals surface area contributed by atoms with E-state index in [4.69, 9.17) is 0 Å². The first kappa shape index (κ1) is 14.5. The molecule has 0 aliphatic carbocycles. The standard InChI is InChI=1S/C15H28N4/c1-4-8-12(2)11-16-13(3)15-18-17-14-9-6-5-7-10-19(14)15/h12-13,16H,4-11H2,1-3H3. The summed E-state index contributed by atoms with van der Waals surface area (Å²) in [5.41, 5.74) is 0. The van der Waals surface area contributed by atoms with Crippen LogP contribution in [0.25, 0.3) is 0 Å². The Hall–Kier alpha value is -0.900. The molecule has 0 aromatic carbocycles. The van der Waals surface area contributed by atoms with Gasteiger partial charge in [-0.2, -0.15) is 0 Å². The Morgan fingerprint density at radius 2 is 2.05 bits per heavy atom. The predicted molar refractivity (Wildman–Crippen MR) is 78.1 cm³/mol. The van der Waals surface area contributed by atoms with Crippen molar-refractivity contribution in [2.45, 2.75) is 71.9 Å². The zero-order valence-electron chi connectivity index (χ0n) is 12.7. The van der Waals surface area contributed by atoms with E-state index >= 15 is 0 Å². The van der Waals surface area contributed by atoms with Crippen LogP contribution < -0.4 is 5.32 Å². The lowest BCUT2D eigenvalue weighted by atomic mass is 10.1. The monoisotopic (exact) mass is 264 g/mol. The van der Waals surface area contributed by atoms with Crippen molar-refractivity contribution in [2.75, 3.05) is 6.54 Å². The molecule has 2 rings (SSSR count). The van der Waals surface area contributed by atoms with Crippen molar-refractivity contribution in [2.24, 2.45) is 5.92 Å². The zero-order valence-corrected chi connectivity index (χ0v) is 12.7. The van der Waals surface area contributed by atoms with Gasteiger partial charge in [-0.3, -0.25) is 0 Å². The van der Waals surface area contributed by atoms with Gasteiger partial charge in [0.05, 0.1) is 6.04 Å². The molecule has 0 amide bonds. The fourth-order valence-corrected chi connectivity index (χ4v) is 2.89. The SMILES string of the molecule is CCCC(C)CNC(C)c1nnc2n1CCCCC2. The molecule has 4 nitrogen and oxygen atoms in total. The minimum Gasteiger partial charge on any atom is -0.314 e. The number of hydrogen-bond donors (Lipinski definition) is 1. The highest BCUT2D eigenvalue weighted by Crippen LogP contribution is 2.18. The summed E-state index contributed by atoms with van der Waals surface area (Å²) in [6.45, 7) is 8.93. The Balaban J connectivity index is 1.95. The lowest BCUT2D eigenvalue weighted by molar-refractivity contribution is 0.425. The molecule has 19 heavy (non-hydrogen) atoms. The summed E-state index contributed by atoms with van der Waals surface area (Å²) in [6, 6.07) is 0.304. The summed E-state index contributed by atoms with van der Waals surface area (Å²) >= 11 is 0. The van der Waals surface area contributed by atoms with Gasteiger partial charge >= 0.3 is 0 Å². The average Bonchev–Trinajstić information content (AvgIpc) is 2.65. The van der Waals surface area contributed by atoms with Gasteiger partial charge in [0.1, 0.15) is 11.6 Å². The lowest BCUT2D eigenvalue weighted by Crippen LogP contribution is -2.27. The minimum atomic E-state index is 0.304. The maximum absolute atomic E-state index is 4.41. The first-order valence-electron chi connectivity index (χ1n) is 7.87. The van der Waals surface area contributed by atoms with Crippen molar-refractivity contribution in [3.8, 4) is 0 Å². The molecule has 4 heteroatoms. The van der Waals surface area contributed by atoms with E-state index in [2.05, 4.69) is 40.9 Å².